The minimum absolute atomic E-state index is 0.311. The lowest BCUT2D eigenvalue weighted by atomic mass is 9.66. The molecule has 1 aromatic carbocycles. The van der Waals surface area contributed by atoms with Crippen LogP contribution in [0.1, 0.15) is 44.6 Å². The van der Waals surface area contributed by atoms with Crippen LogP contribution in [0.2, 0.25) is 0 Å². The molecule has 1 aliphatic carbocycles. The Morgan fingerprint density at radius 1 is 1.42 bits per heavy atom. The van der Waals surface area contributed by atoms with Crippen molar-refractivity contribution in [1.29, 1.82) is 0 Å². The van der Waals surface area contributed by atoms with Gasteiger partial charge >= 0.3 is 0 Å². The van der Waals surface area contributed by atoms with Gasteiger partial charge in [0.1, 0.15) is 5.75 Å². The van der Waals surface area contributed by atoms with Gasteiger partial charge in [-0.15, -0.1) is 0 Å². The van der Waals surface area contributed by atoms with Crippen LogP contribution in [-0.2, 0) is 6.42 Å². The van der Waals surface area contributed by atoms with Crippen LogP contribution in [0, 0.1) is 11.3 Å². The third-order valence-electron chi connectivity index (χ3n) is 4.76. The highest BCUT2D eigenvalue weighted by Gasteiger charge is 2.34. The third-order valence-corrected chi connectivity index (χ3v) is 4.76. The van der Waals surface area contributed by atoms with E-state index < -0.39 is 0 Å². The van der Waals surface area contributed by atoms with Crippen LogP contribution in [0.15, 0.2) is 24.3 Å². The van der Waals surface area contributed by atoms with Gasteiger partial charge in [-0.1, -0.05) is 38.3 Å². The maximum absolute atomic E-state index is 6.14. The zero-order chi connectivity index (χ0) is 13.7. The van der Waals surface area contributed by atoms with Gasteiger partial charge in [-0.05, 0) is 54.8 Å². The molecule has 0 aromatic heterocycles. The molecule has 0 saturated heterocycles. The van der Waals surface area contributed by atoms with Gasteiger partial charge in [0.05, 0.1) is 7.11 Å². The topological polar surface area (TPSA) is 35.2 Å². The van der Waals surface area contributed by atoms with Crippen molar-refractivity contribution < 1.29 is 4.74 Å². The Morgan fingerprint density at radius 3 is 2.95 bits per heavy atom. The monoisotopic (exact) mass is 261 g/mol. The van der Waals surface area contributed by atoms with Gasteiger partial charge in [-0.2, -0.15) is 0 Å². The van der Waals surface area contributed by atoms with Gasteiger partial charge < -0.3 is 10.5 Å². The average Bonchev–Trinajstić information content (AvgIpc) is 2.47. The zero-order valence-corrected chi connectivity index (χ0v) is 12.3. The predicted octanol–water partition coefficient (Wildman–Crippen LogP) is 3.78. The Hall–Kier alpha value is -1.02. The Morgan fingerprint density at radius 2 is 2.26 bits per heavy atom. The predicted molar refractivity (Wildman–Crippen MR) is 80.4 cm³/mol. The van der Waals surface area contributed by atoms with Crippen molar-refractivity contribution in [2.75, 3.05) is 13.7 Å². The van der Waals surface area contributed by atoms with Crippen LogP contribution in [0.3, 0.4) is 0 Å². The van der Waals surface area contributed by atoms with Crippen LogP contribution in [0.4, 0.5) is 0 Å². The van der Waals surface area contributed by atoms with E-state index in [0.717, 1.165) is 24.6 Å². The summed E-state index contributed by atoms with van der Waals surface area (Å²) in [5.74, 6) is 1.82. The summed E-state index contributed by atoms with van der Waals surface area (Å²) < 4.78 is 5.32. The molecule has 2 N–H and O–H groups in total. The second-order valence-electron chi connectivity index (χ2n) is 6.10. The Balaban J connectivity index is 2.12. The number of ether oxygens (including phenoxy) is 1. The summed E-state index contributed by atoms with van der Waals surface area (Å²) in [6, 6.07) is 8.45. The van der Waals surface area contributed by atoms with Crippen molar-refractivity contribution in [3.63, 3.8) is 0 Å². The first kappa shape index (κ1) is 14.4. The Kier molecular flexibility index (Phi) is 4.87. The van der Waals surface area contributed by atoms with E-state index in [0.29, 0.717) is 5.41 Å². The third kappa shape index (κ3) is 3.50. The molecule has 0 spiro atoms. The molecule has 2 rings (SSSR count). The van der Waals surface area contributed by atoms with E-state index in [9.17, 15) is 0 Å². The smallest absolute Gasteiger partial charge is 0.119 e. The average molecular weight is 261 g/mol. The lowest BCUT2D eigenvalue weighted by molar-refractivity contribution is 0.142. The van der Waals surface area contributed by atoms with Gasteiger partial charge in [0.2, 0.25) is 0 Å². The van der Waals surface area contributed by atoms with Crippen molar-refractivity contribution in [2.45, 2.75) is 45.4 Å². The normalized spacial score (nSPS) is 27.2. The minimum Gasteiger partial charge on any atom is -0.497 e. The molecule has 1 saturated carbocycles. The van der Waals surface area contributed by atoms with E-state index in [1.165, 1.54) is 37.7 Å². The van der Waals surface area contributed by atoms with Crippen LogP contribution in [-0.4, -0.2) is 13.7 Å². The second kappa shape index (κ2) is 6.42. The fourth-order valence-electron chi connectivity index (χ4n) is 3.56. The number of rotatable bonds is 5. The van der Waals surface area contributed by atoms with Gasteiger partial charge in [-0.25, -0.2) is 0 Å². The van der Waals surface area contributed by atoms with Gasteiger partial charge in [0, 0.05) is 0 Å². The molecule has 0 radical (unpaired) electrons. The second-order valence-corrected chi connectivity index (χ2v) is 6.10. The Labute approximate surface area is 117 Å². The first-order chi connectivity index (χ1) is 9.21. The van der Waals surface area contributed by atoms with E-state index >= 15 is 0 Å². The summed E-state index contributed by atoms with van der Waals surface area (Å²) in [5, 5.41) is 0. The first-order valence-corrected chi connectivity index (χ1v) is 7.54. The standard InChI is InChI=1S/C17H27NO/c1-3-14-7-5-9-17(11-14,13-18)12-15-6-4-8-16(10-15)19-2/h4,6,8,10,14H,3,5,7,9,11-13,18H2,1-2H3. The molecule has 0 amide bonds. The van der Waals surface area contributed by atoms with Crippen molar-refractivity contribution in [1.82, 2.24) is 0 Å². The van der Waals surface area contributed by atoms with E-state index in [2.05, 4.69) is 25.1 Å². The lowest BCUT2D eigenvalue weighted by Gasteiger charge is -2.40. The SMILES string of the molecule is CCC1CCCC(CN)(Cc2cccc(OC)c2)C1. The highest BCUT2D eigenvalue weighted by molar-refractivity contribution is 5.29. The summed E-state index contributed by atoms with van der Waals surface area (Å²) in [6.07, 6.45) is 7.67. The lowest BCUT2D eigenvalue weighted by Crippen LogP contribution is -2.37. The number of benzene rings is 1. The molecule has 0 bridgehead atoms. The van der Waals surface area contributed by atoms with Crippen LogP contribution >= 0.6 is 0 Å². The van der Waals surface area contributed by atoms with E-state index in [1.807, 2.05) is 6.07 Å². The molecule has 0 aliphatic heterocycles. The minimum atomic E-state index is 0.311. The van der Waals surface area contributed by atoms with Crippen molar-refractivity contribution in [2.24, 2.45) is 17.1 Å². The summed E-state index contributed by atoms with van der Waals surface area (Å²) in [7, 11) is 1.73. The maximum Gasteiger partial charge on any atom is 0.119 e. The first-order valence-electron chi connectivity index (χ1n) is 7.54. The number of hydrogen-bond donors (Lipinski definition) is 1. The fraction of sp³-hybridized carbons (Fsp3) is 0.647. The molecular weight excluding hydrogens is 234 g/mol. The summed E-state index contributed by atoms with van der Waals surface area (Å²) in [4.78, 5) is 0. The number of methoxy groups -OCH3 is 1. The molecule has 19 heavy (non-hydrogen) atoms. The number of nitrogens with two attached hydrogens (primary N) is 1. The molecule has 1 fully saturated rings. The molecule has 1 aromatic rings. The fourth-order valence-corrected chi connectivity index (χ4v) is 3.56. The highest BCUT2D eigenvalue weighted by atomic mass is 16.5. The summed E-state index contributed by atoms with van der Waals surface area (Å²) in [6.45, 7) is 3.11. The van der Waals surface area contributed by atoms with E-state index in [1.54, 1.807) is 7.11 Å². The molecule has 2 unspecified atom stereocenters. The summed E-state index contributed by atoms with van der Waals surface area (Å²) >= 11 is 0. The van der Waals surface area contributed by atoms with Crippen molar-refractivity contribution in [3.05, 3.63) is 29.8 Å². The number of hydrogen-bond acceptors (Lipinski definition) is 2. The Bertz CT molecular complexity index is 404. The van der Waals surface area contributed by atoms with Crippen molar-refractivity contribution in [3.8, 4) is 5.75 Å². The van der Waals surface area contributed by atoms with Gasteiger partial charge in [-0.3, -0.25) is 0 Å². The van der Waals surface area contributed by atoms with Gasteiger partial charge in [0.15, 0.2) is 0 Å². The molecule has 0 heterocycles. The molecule has 2 atom stereocenters. The quantitative estimate of drug-likeness (QED) is 0.875. The molecule has 2 heteroatoms. The van der Waals surface area contributed by atoms with E-state index in [4.69, 9.17) is 10.5 Å². The molecule has 2 nitrogen and oxygen atoms in total. The highest BCUT2D eigenvalue weighted by Crippen LogP contribution is 2.42. The van der Waals surface area contributed by atoms with Crippen LogP contribution < -0.4 is 10.5 Å². The largest absolute Gasteiger partial charge is 0.497 e. The maximum atomic E-state index is 6.14. The van der Waals surface area contributed by atoms with Gasteiger partial charge in [0.25, 0.3) is 0 Å². The van der Waals surface area contributed by atoms with E-state index in [-0.39, 0.29) is 0 Å². The molecule has 106 valence electrons. The molecule has 1 aliphatic rings. The van der Waals surface area contributed by atoms with Crippen molar-refractivity contribution >= 4 is 0 Å². The molecular formula is C17H27NO. The zero-order valence-electron chi connectivity index (χ0n) is 12.3. The summed E-state index contributed by atoms with van der Waals surface area (Å²) in [5.41, 5.74) is 7.82. The van der Waals surface area contributed by atoms with Crippen LogP contribution in [0.5, 0.6) is 5.75 Å². The van der Waals surface area contributed by atoms with Crippen LogP contribution in [0.25, 0.3) is 0 Å².